The van der Waals surface area contributed by atoms with Gasteiger partial charge in [-0.2, -0.15) is 0 Å². The van der Waals surface area contributed by atoms with E-state index in [0.717, 1.165) is 12.5 Å². The molecular formula is C19H16FN3O3. The van der Waals surface area contributed by atoms with Crippen LogP contribution in [-0.4, -0.2) is 39.2 Å². The third kappa shape index (κ3) is 3.03. The molecule has 0 bridgehead atoms. The second kappa shape index (κ2) is 6.59. The Labute approximate surface area is 148 Å². The molecule has 0 aliphatic carbocycles. The van der Waals surface area contributed by atoms with Gasteiger partial charge in [0.15, 0.2) is 11.6 Å². The molecule has 1 N–H and O–H groups in total. The van der Waals surface area contributed by atoms with Crippen LogP contribution < -0.4 is 0 Å². The second-order valence-electron chi connectivity index (χ2n) is 6.23. The van der Waals surface area contributed by atoms with Crippen molar-refractivity contribution in [1.82, 2.24) is 15.1 Å². The van der Waals surface area contributed by atoms with Gasteiger partial charge in [-0.1, -0.05) is 30.3 Å². The number of hydrogen-bond donors (Lipinski definition) is 1. The third-order valence-corrected chi connectivity index (χ3v) is 4.55. The molecule has 2 aromatic carbocycles. The normalized spacial score (nSPS) is 16.8. The van der Waals surface area contributed by atoms with Gasteiger partial charge in [0.2, 0.25) is 5.89 Å². The molecule has 1 aliphatic rings. The van der Waals surface area contributed by atoms with Crippen LogP contribution in [0.15, 0.2) is 52.9 Å². The fourth-order valence-corrected chi connectivity index (χ4v) is 3.15. The van der Waals surface area contributed by atoms with Gasteiger partial charge >= 0.3 is 11.8 Å². The Balaban J connectivity index is 1.49. The maximum atomic E-state index is 13.2. The molecule has 0 radical (unpaired) electrons. The first-order chi connectivity index (χ1) is 12.6. The molecule has 1 aliphatic heterocycles. The molecule has 1 saturated heterocycles. The van der Waals surface area contributed by atoms with Crippen molar-refractivity contribution >= 4 is 5.91 Å². The quantitative estimate of drug-likeness (QED) is 0.782. The summed E-state index contributed by atoms with van der Waals surface area (Å²) in [5.41, 5.74) is 1.55. The van der Waals surface area contributed by atoms with Gasteiger partial charge in [0.1, 0.15) is 0 Å². The van der Waals surface area contributed by atoms with E-state index in [1.807, 2.05) is 18.2 Å². The predicted octanol–water partition coefficient (Wildman–Crippen LogP) is 3.21. The van der Waals surface area contributed by atoms with E-state index in [1.165, 1.54) is 17.7 Å². The summed E-state index contributed by atoms with van der Waals surface area (Å²) < 4.78 is 18.6. The average molecular weight is 353 g/mol. The van der Waals surface area contributed by atoms with Crippen LogP contribution in [0.3, 0.4) is 0 Å². The smallest absolute Gasteiger partial charge is 0.311 e. The van der Waals surface area contributed by atoms with Gasteiger partial charge in [-0.3, -0.25) is 4.79 Å². The highest BCUT2D eigenvalue weighted by atomic mass is 19.1. The van der Waals surface area contributed by atoms with Crippen molar-refractivity contribution in [2.45, 2.75) is 12.3 Å². The minimum Gasteiger partial charge on any atom is -0.505 e. The largest absolute Gasteiger partial charge is 0.505 e. The molecule has 1 fully saturated rings. The molecule has 0 saturated carbocycles. The lowest BCUT2D eigenvalue weighted by atomic mass is 9.99. The molecule has 7 heteroatoms. The molecule has 1 aromatic heterocycles. The van der Waals surface area contributed by atoms with Gasteiger partial charge in [-0.05, 0) is 30.2 Å². The van der Waals surface area contributed by atoms with Crippen LogP contribution in [0.4, 0.5) is 4.39 Å². The van der Waals surface area contributed by atoms with E-state index in [-0.39, 0.29) is 23.6 Å². The first kappa shape index (κ1) is 16.3. The zero-order chi connectivity index (χ0) is 18.1. The molecule has 1 atom stereocenters. The molecule has 6 nitrogen and oxygen atoms in total. The molecule has 0 spiro atoms. The summed E-state index contributed by atoms with van der Waals surface area (Å²) in [5.74, 6) is -1.35. The molecule has 1 amide bonds. The zero-order valence-corrected chi connectivity index (χ0v) is 13.8. The van der Waals surface area contributed by atoms with Crippen molar-refractivity contribution in [3.05, 3.63) is 65.8 Å². The molecule has 0 unspecified atom stereocenters. The first-order valence-electron chi connectivity index (χ1n) is 8.28. The van der Waals surface area contributed by atoms with E-state index in [9.17, 15) is 14.3 Å². The Kier molecular flexibility index (Phi) is 4.12. The number of carbonyl (C=O) groups is 1. The van der Waals surface area contributed by atoms with Crippen LogP contribution in [-0.2, 0) is 0 Å². The van der Waals surface area contributed by atoms with Gasteiger partial charge in [0.25, 0.3) is 0 Å². The van der Waals surface area contributed by atoms with Crippen molar-refractivity contribution in [2.75, 3.05) is 13.1 Å². The number of amides is 1. The average Bonchev–Trinajstić information content (AvgIpc) is 3.34. The number of rotatable bonds is 3. The number of hydrogen-bond acceptors (Lipinski definition) is 5. The van der Waals surface area contributed by atoms with Crippen LogP contribution in [0.5, 0.6) is 5.75 Å². The highest BCUT2D eigenvalue weighted by Gasteiger charge is 2.30. The topological polar surface area (TPSA) is 79.5 Å². The number of benzene rings is 2. The lowest BCUT2D eigenvalue weighted by Crippen LogP contribution is -2.28. The standard InChI is InChI=1S/C19H16FN3O3/c20-15-7-6-13(10-16(15)24)17-21-22-18(26-17)19(25)23-9-8-14(11-23)12-4-2-1-3-5-12/h1-7,10,14,24H,8-9,11H2/t14-/m0/s1. The lowest BCUT2D eigenvalue weighted by Gasteiger charge is -2.14. The van der Waals surface area contributed by atoms with Crippen LogP contribution in [0.1, 0.15) is 28.6 Å². The summed E-state index contributed by atoms with van der Waals surface area (Å²) in [7, 11) is 0. The van der Waals surface area contributed by atoms with E-state index >= 15 is 0 Å². The Hall–Kier alpha value is -3.22. The van der Waals surface area contributed by atoms with Crippen molar-refractivity contribution in [3.63, 3.8) is 0 Å². The van der Waals surface area contributed by atoms with E-state index in [1.54, 1.807) is 4.90 Å². The lowest BCUT2D eigenvalue weighted by molar-refractivity contribution is 0.0752. The summed E-state index contributed by atoms with van der Waals surface area (Å²) in [5, 5.41) is 17.1. The molecule has 4 rings (SSSR count). The number of phenolic OH excluding ortho intramolecular Hbond substituents is 1. The number of aromatic nitrogens is 2. The third-order valence-electron chi connectivity index (χ3n) is 4.55. The Morgan fingerprint density at radius 2 is 2.00 bits per heavy atom. The maximum Gasteiger partial charge on any atom is 0.311 e. The highest BCUT2D eigenvalue weighted by Crippen LogP contribution is 2.29. The molecule has 26 heavy (non-hydrogen) atoms. The fourth-order valence-electron chi connectivity index (χ4n) is 3.15. The zero-order valence-electron chi connectivity index (χ0n) is 13.8. The van der Waals surface area contributed by atoms with Crippen molar-refractivity contribution in [3.8, 4) is 17.2 Å². The van der Waals surface area contributed by atoms with Crippen LogP contribution in [0, 0.1) is 5.82 Å². The van der Waals surface area contributed by atoms with Crippen LogP contribution in [0.2, 0.25) is 0 Å². The predicted molar refractivity (Wildman–Crippen MR) is 91.1 cm³/mol. The van der Waals surface area contributed by atoms with E-state index in [4.69, 9.17) is 4.42 Å². The number of halogens is 1. The highest BCUT2D eigenvalue weighted by molar-refractivity contribution is 5.90. The van der Waals surface area contributed by atoms with Crippen LogP contribution >= 0.6 is 0 Å². The van der Waals surface area contributed by atoms with Crippen molar-refractivity contribution in [2.24, 2.45) is 0 Å². The second-order valence-corrected chi connectivity index (χ2v) is 6.23. The Morgan fingerprint density at radius 1 is 1.19 bits per heavy atom. The van der Waals surface area contributed by atoms with Crippen LogP contribution in [0.25, 0.3) is 11.5 Å². The minimum atomic E-state index is -0.742. The summed E-state index contributed by atoms with van der Waals surface area (Å²) in [4.78, 5) is 14.3. The summed E-state index contributed by atoms with van der Waals surface area (Å²) in [6.45, 7) is 1.21. The van der Waals surface area contributed by atoms with Gasteiger partial charge in [-0.25, -0.2) is 4.39 Å². The number of carbonyl (C=O) groups excluding carboxylic acids is 1. The minimum absolute atomic E-state index is 0.0578. The van der Waals surface area contributed by atoms with E-state index in [0.29, 0.717) is 18.7 Å². The molecular weight excluding hydrogens is 337 g/mol. The molecule has 3 aromatic rings. The number of aromatic hydroxyl groups is 1. The first-order valence-corrected chi connectivity index (χ1v) is 8.28. The Bertz CT molecular complexity index is 942. The summed E-state index contributed by atoms with van der Waals surface area (Å²) in [6, 6.07) is 13.7. The van der Waals surface area contributed by atoms with Gasteiger partial charge in [0.05, 0.1) is 0 Å². The van der Waals surface area contributed by atoms with Gasteiger partial charge in [-0.15, -0.1) is 10.2 Å². The van der Waals surface area contributed by atoms with Crippen molar-refractivity contribution < 1.29 is 18.7 Å². The number of phenols is 1. The molecule has 2 heterocycles. The summed E-state index contributed by atoms with van der Waals surface area (Å²) in [6.07, 6.45) is 0.878. The fraction of sp³-hybridized carbons (Fsp3) is 0.211. The van der Waals surface area contributed by atoms with Crippen molar-refractivity contribution in [1.29, 1.82) is 0 Å². The van der Waals surface area contributed by atoms with Gasteiger partial charge < -0.3 is 14.4 Å². The van der Waals surface area contributed by atoms with E-state index in [2.05, 4.69) is 22.3 Å². The van der Waals surface area contributed by atoms with E-state index < -0.39 is 11.6 Å². The molecule has 132 valence electrons. The monoisotopic (exact) mass is 353 g/mol. The number of likely N-dealkylation sites (tertiary alicyclic amines) is 1. The van der Waals surface area contributed by atoms with Gasteiger partial charge in [0, 0.05) is 24.6 Å². The Morgan fingerprint density at radius 3 is 2.77 bits per heavy atom. The number of nitrogens with zero attached hydrogens (tertiary/aromatic N) is 3. The maximum absolute atomic E-state index is 13.2. The SMILES string of the molecule is O=C(c1nnc(-c2ccc(F)c(O)c2)o1)N1CC[C@H](c2ccccc2)C1. The summed E-state index contributed by atoms with van der Waals surface area (Å²) >= 11 is 0.